The summed E-state index contributed by atoms with van der Waals surface area (Å²) in [5.74, 6) is 0.392. The summed E-state index contributed by atoms with van der Waals surface area (Å²) in [4.78, 5) is 11.3. The van der Waals surface area contributed by atoms with Gasteiger partial charge in [0.05, 0.1) is 25.6 Å². The Morgan fingerprint density at radius 2 is 1.96 bits per heavy atom. The van der Waals surface area contributed by atoms with E-state index in [-0.39, 0.29) is 30.7 Å². The Morgan fingerprint density at radius 1 is 1.23 bits per heavy atom. The van der Waals surface area contributed by atoms with Crippen LogP contribution in [0.2, 0.25) is 5.02 Å². The van der Waals surface area contributed by atoms with Gasteiger partial charge in [-0.2, -0.15) is 0 Å². The largest absolute Gasteiger partial charge is 0.496 e. The fourth-order valence-corrected chi connectivity index (χ4v) is 3.11. The van der Waals surface area contributed by atoms with Crippen molar-refractivity contribution in [1.82, 2.24) is 5.32 Å². The average molecular weight is 396 g/mol. The maximum absolute atomic E-state index is 11.3. The Balaban J connectivity index is 2.18. The summed E-state index contributed by atoms with van der Waals surface area (Å²) >= 11 is 11.5. The molecule has 0 amide bonds. The fraction of sp³-hybridized carbons (Fsp3) is 0.350. The number of hydrogen-bond acceptors (Lipinski definition) is 4. The number of alkyl halides is 1. The van der Waals surface area contributed by atoms with E-state index in [9.17, 15) is 9.90 Å². The van der Waals surface area contributed by atoms with Gasteiger partial charge >= 0.3 is 0 Å². The molecular formula is C20H23Cl2NO3. The van der Waals surface area contributed by atoms with E-state index in [0.29, 0.717) is 17.2 Å². The molecule has 0 saturated carbocycles. The lowest BCUT2D eigenvalue weighted by molar-refractivity contribution is -0.116. The number of methoxy groups -OCH3 is 1. The normalized spacial score (nSPS) is 13.2. The summed E-state index contributed by atoms with van der Waals surface area (Å²) in [6.07, 6.45) is -0.0997. The van der Waals surface area contributed by atoms with Gasteiger partial charge in [0.1, 0.15) is 5.75 Å². The number of ketones is 1. The molecule has 2 aromatic rings. The summed E-state index contributed by atoms with van der Waals surface area (Å²) in [6.45, 7) is 0.435. The predicted octanol–water partition coefficient (Wildman–Crippen LogP) is 3.43. The zero-order valence-corrected chi connectivity index (χ0v) is 16.1. The van der Waals surface area contributed by atoms with E-state index in [2.05, 4.69) is 5.32 Å². The molecule has 26 heavy (non-hydrogen) atoms. The van der Waals surface area contributed by atoms with Crippen LogP contribution in [0.4, 0.5) is 0 Å². The highest BCUT2D eigenvalue weighted by Crippen LogP contribution is 2.30. The van der Waals surface area contributed by atoms with Gasteiger partial charge in [0, 0.05) is 17.5 Å². The van der Waals surface area contributed by atoms with Crippen LogP contribution < -0.4 is 10.1 Å². The Kier molecular flexibility index (Phi) is 8.39. The zero-order chi connectivity index (χ0) is 18.9. The van der Waals surface area contributed by atoms with E-state index in [0.717, 1.165) is 11.1 Å². The van der Waals surface area contributed by atoms with Crippen molar-refractivity contribution in [3.63, 3.8) is 0 Å². The third-order valence-corrected chi connectivity index (χ3v) is 4.74. The molecule has 0 aromatic heterocycles. The van der Waals surface area contributed by atoms with Crippen molar-refractivity contribution in [2.24, 2.45) is 0 Å². The van der Waals surface area contributed by atoms with Gasteiger partial charge in [-0.1, -0.05) is 48.0 Å². The number of aliphatic hydroxyl groups excluding tert-OH is 1. The Hall–Kier alpha value is -1.59. The molecule has 6 heteroatoms. The maximum Gasteiger partial charge on any atom is 0.161 e. The second-order valence-electron chi connectivity index (χ2n) is 6.05. The van der Waals surface area contributed by atoms with Crippen molar-refractivity contribution in [3.8, 4) is 5.75 Å². The second-order valence-corrected chi connectivity index (χ2v) is 6.75. The number of halogens is 2. The topological polar surface area (TPSA) is 58.6 Å². The number of benzene rings is 2. The van der Waals surface area contributed by atoms with Crippen LogP contribution >= 0.6 is 23.2 Å². The first-order valence-corrected chi connectivity index (χ1v) is 9.30. The lowest BCUT2D eigenvalue weighted by Crippen LogP contribution is -2.35. The van der Waals surface area contributed by atoms with Gasteiger partial charge < -0.3 is 15.2 Å². The van der Waals surface area contributed by atoms with Gasteiger partial charge in [0.2, 0.25) is 0 Å². The van der Waals surface area contributed by atoms with E-state index in [1.807, 2.05) is 42.5 Å². The highest BCUT2D eigenvalue weighted by molar-refractivity contribution is 6.30. The van der Waals surface area contributed by atoms with Crippen LogP contribution in [0.15, 0.2) is 48.5 Å². The number of rotatable bonds is 10. The summed E-state index contributed by atoms with van der Waals surface area (Å²) < 4.78 is 5.43. The molecule has 4 nitrogen and oxygen atoms in total. The van der Waals surface area contributed by atoms with Crippen molar-refractivity contribution in [2.75, 3.05) is 26.1 Å². The highest BCUT2D eigenvalue weighted by atomic mass is 35.5. The van der Waals surface area contributed by atoms with Gasteiger partial charge in [0.25, 0.3) is 0 Å². The Labute approximate surface area is 164 Å². The fourth-order valence-electron chi connectivity index (χ4n) is 2.85. The van der Waals surface area contributed by atoms with Crippen LogP contribution in [-0.2, 0) is 11.2 Å². The third kappa shape index (κ3) is 5.99. The zero-order valence-electron chi connectivity index (χ0n) is 14.6. The predicted molar refractivity (Wildman–Crippen MR) is 105 cm³/mol. The molecule has 0 spiro atoms. The summed E-state index contributed by atoms with van der Waals surface area (Å²) in [6, 6.07) is 15.3. The van der Waals surface area contributed by atoms with Crippen LogP contribution in [0.25, 0.3) is 0 Å². The van der Waals surface area contributed by atoms with Gasteiger partial charge in [0.15, 0.2) is 5.78 Å². The molecule has 2 aromatic carbocycles. The molecule has 0 aliphatic carbocycles. The minimum atomic E-state index is -0.680. The second kappa shape index (κ2) is 10.5. The first-order valence-electron chi connectivity index (χ1n) is 8.39. The van der Waals surface area contributed by atoms with Crippen LogP contribution in [0.1, 0.15) is 17.0 Å². The molecule has 0 bridgehead atoms. The smallest absolute Gasteiger partial charge is 0.161 e. The Morgan fingerprint density at radius 3 is 2.62 bits per heavy atom. The quantitative estimate of drug-likeness (QED) is 0.605. The first kappa shape index (κ1) is 20.7. The lowest BCUT2D eigenvalue weighted by atomic mass is 9.87. The van der Waals surface area contributed by atoms with Crippen molar-refractivity contribution in [2.45, 2.75) is 18.4 Å². The lowest BCUT2D eigenvalue weighted by Gasteiger charge is -2.25. The standard InChI is InChI=1S/C20H23Cl2NO3/c1-26-20-10-16(22)8-7-15(20)9-18(14-5-3-2-4-6-14)19(25)13-23-12-17(24)11-21/h2-8,10,18-19,23,25H,9,11-13H2,1H3/t18-,19-/m0/s1. The number of nitrogens with one attached hydrogen (secondary N) is 1. The summed E-state index contributed by atoms with van der Waals surface area (Å²) in [5.41, 5.74) is 1.98. The van der Waals surface area contributed by atoms with Crippen LogP contribution in [-0.4, -0.2) is 43.1 Å². The van der Waals surface area contributed by atoms with Crippen molar-refractivity contribution >= 4 is 29.0 Å². The molecule has 0 saturated heterocycles. The monoisotopic (exact) mass is 395 g/mol. The van der Waals surface area contributed by atoms with Gasteiger partial charge in [-0.05, 0) is 29.7 Å². The molecule has 140 valence electrons. The number of ether oxygens (including phenoxy) is 1. The molecule has 2 rings (SSSR count). The number of carbonyl (C=O) groups is 1. The number of hydrogen-bond donors (Lipinski definition) is 2. The van der Waals surface area contributed by atoms with Crippen LogP contribution in [0.5, 0.6) is 5.75 Å². The van der Waals surface area contributed by atoms with E-state index >= 15 is 0 Å². The minimum absolute atomic E-state index is 0.0345. The molecule has 2 atom stereocenters. The molecule has 0 aliphatic heterocycles. The molecule has 0 fully saturated rings. The number of aliphatic hydroxyl groups is 1. The SMILES string of the molecule is COc1cc(Cl)ccc1C[C@@H](c1ccccc1)[C@@H](O)CNCC(=O)CCl. The summed E-state index contributed by atoms with van der Waals surface area (Å²) in [5, 5.41) is 14.3. The van der Waals surface area contributed by atoms with E-state index in [1.54, 1.807) is 13.2 Å². The molecule has 0 unspecified atom stereocenters. The van der Waals surface area contributed by atoms with E-state index in [4.69, 9.17) is 27.9 Å². The van der Waals surface area contributed by atoms with Gasteiger partial charge in [-0.25, -0.2) is 0 Å². The average Bonchev–Trinajstić information content (AvgIpc) is 2.67. The molecule has 2 N–H and O–H groups in total. The van der Waals surface area contributed by atoms with Crippen LogP contribution in [0, 0.1) is 0 Å². The van der Waals surface area contributed by atoms with Crippen molar-refractivity contribution in [1.29, 1.82) is 0 Å². The van der Waals surface area contributed by atoms with Crippen LogP contribution in [0.3, 0.4) is 0 Å². The third-order valence-electron chi connectivity index (χ3n) is 4.21. The maximum atomic E-state index is 11.3. The van der Waals surface area contributed by atoms with E-state index < -0.39 is 6.10 Å². The molecule has 0 heterocycles. The summed E-state index contributed by atoms with van der Waals surface area (Å²) in [7, 11) is 1.60. The number of carbonyl (C=O) groups excluding carboxylic acids is 1. The van der Waals surface area contributed by atoms with Gasteiger partial charge in [-0.3, -0.25) is 4.79 Å². The molecular weight excluding hydrogens is 373 g/mol. The van der Waals surface area contributed by atoms with Crippen molar-refractivity contribution < 1.29 is 14.6 Å². The highest BCUT2D eigenvalue weighted by Gasteiger charge is 2.23. The first-order chi connectivity index (χ1) is 12.5. The van der Waals surface area contributed by atoms with Crippen molar-refractivity contribution in [3.05, 3.63) is 64.7 Å². The molecule has 0 aliphatic rings. The molecule has 0 radical (unpaired) electrons. The Bertz CT molecular complexity index is 709. The van der Waals surface area contributed by atoms with E-state index in [1.165, 1.54) is 0 Å². The van der Waals surface area contributed by atoms with Gasteiger partial charge in [-0.15, -0.1) is 11.6 Å². The minimum Gasteiger partial charge on any atom is -0.496 e. The number of Topliss-reactive ketones (excluding diaryl/α,β-unsaturated/α-hetero) is 1.